The Balaban J connectivity index is 1.93. The van der Waals surface area contributed by atoms with Crippen molar-refractivity contribution in [1.29, 1.82) is 0 Å². The Morgan fingerprint density at radius 3 is 2.53 bits per heavy atom. The molecule has 1 unspecified atom stereocenters. The fourth-order valence-corrected chi connectivity index (χ4v) is 4.66. The summed E-state index contributed by atoms with van der Waals surface area (Å²) in [5.41, 5.74) is 1.32. The Labute approximate surface area is 122 Å². The SMILES string of the molecule is Cc1cc(C(Cl)CC2CCCCCC2)sc1Br. The molecule has 96 valence electrons. The highest BCUT2D eigenvalue weighted by molar-refractivity contribution is 9.11. The van der Waals surface area contributed by atoms with Crippen molar-refractivity contribution in [1.82, 2.24) is 0 Å². The second-order valence-corrected chi connectivity index (χ2v) is 8.09. The number of alkyl halides is 1. The van der Waals surface area contributed by atoms with E-state index in [0.29, 0.717) is 0 Å². The summed E-state index contributed by atoms with van der Waals surface area (Å²) in [5.74, 6) is 0.848. The van der Waals surface area contributed by atoms with Crippen molar-refractivity contribution in [2.75, 3.05) is 0 Å². The first-order chi connectivity index (χ1) is 8.16. The summed E-state index contributed by atoms with van der Waals surface area (Å²) >= 11 is 12.0. The minimum absolute atomic E-state index is 0.216. The molecule has 1 aromatic rings. The van der Waals surface area contributed by atoms with Crippen molar-refractivity contribution in [2.24, 2.45) is 5.92 Å². The zero-order chi connectivity index (χ0) is 12.3. The summed E-state index contributed by atoms with van der Waals surface area (Å²) in [6.07, 6.45) is 9.58. The lowest BCUT2D eigenvalue weighted by atomic mass is 9.94. The van der Waals surface area contributed by atoms with Gasteiger partial charge in [0.2, 0.25) is 0 Å². The van der Waals surface area contributed by atoms with Gasteiger partial charge in [-0.2, -0.15) is 0 Å². The second-order valence-electron chi connectivity index (χ2n) is 5.17. The molecule has 0 N–H and O–H groups in total. The van der Waals surface area contributed by atoms with Crippen molar-refractivity contribution in [3.63, 3.8) is 0 Å². The summed E-state index contributed by atoms with van der Waals surface area (Å²) in [7, 11) is 0. The molecule has 0 bridgehead atoms. The zero-order valence-corrected chi connectivity index (χ0v) is 13.5. The largest absolute Gasteiger partial charge is 0.131 e. The average molecular weight is 336 g/mol. The van der Waals surface area contributed by atoms with E-state index in [1.54, 1.807) is 11.3 Å². The van der Waals surface area contributed by atoms with E-state index < -0.39 is 0 Å². The molecule has 0 saturated heterocycles. The molecule has 0 amide bonds. The summed E-state index contributed by atoms with van der Waals surface area (Å²) in [6.45, 7) is 2.14. The molecule has 0 nitrogen and oxygen atoms in total. The van der Waals surface area contributed by atoms with Crippen LogP contribution in [-0.2, 0) is 0 Å². The quantitative estimate of drug-likeness (QED) is 0.439. The molecule has 1 heterocycles. The van der Waals surface area contributed by atoms with E-state index in [0.717, 1.165) is 12.3 Å². The van der Waals surface area contributed by atoms with Crippen LogP contribution in [0.3, 0.4) is 0 Å². The molecule has 1 fully saturated rings. The lowest BCUT2D eigenvalue weighted by Gasteiger charge is -2.16. The van der Waals surface area contributed by atoms with Crippen molar-refractivity contribution >= 4 is 38.9 Å². The van der Waals surface area contributed by atoms with Crippen molar-refractivity contribution in [2.45, 2.75) is 57.2 Å². The van der Waals surface area contributed by atoms with Gasteiger partial charge >= 0.3 is 0 Å². The zero-order valence-electron chi connectivity index (χ0n) is 10.3. The maximum absolute atomic E-state index is 6.57. The highest BCUT2D eigenvalue weighted by Gasteiger charge is 2.19. The van der Waals surface area contributed by atoms with Crippen molar-refractivity contribution in [3.05, 3.63) is 20.3 Å². The molecule has 1 aromatic heterocycles. The van der Waals surface area contributed by atoms with Gasteiger partial charge in [-0.25, -0.2) is 0 Å². The summed E-state index contributed by atoms with van der Waals surface area (Å²) in [6, 6.07) is 2.24. The lowest BCUT2D eigenvalue weighted by Crippen LogP contribution is -2.02. The lowest BCUT2D eigenvalue weighted by molar-refractivity contribution is 0.424. The van der Waals surface area contributed by atoms with E-state index in [4.69, 9.17) is 11.6 Å². The predicted molar refractivity (Wildman–Crippen MR) is 81.2 cm³/mol. The Bertz CT molecular complexity index is 334. The first-order valence-electron chi connectivity index (χ1n) is 6.56. The van der Waals surface area contributed by atoms with Crippen LogP contribution in [0.15, 0.2) is 9.85 Å². The molecule has 0 aromatic carbocycles. The molecule has 0 aliphatic heterocycles. The van der Waals surface area contributed by atoms with Gasteiger partial charge < -0.3 is 0 Å². The summed E-state index contributed by atoms with van der Waals surface area (Å²) in [5, 5.41) is 0.216. The number of rotatable bonds is 3. The van der Waals surface area contributed by atoms with Crippen molar-refractivity contribution < 1.29 is 0 Å². The number of halogens is 2. The number of thiophene rings is 1. The van der Waals surface area contributed by atoms with Crippen LogP contribution >= 0.6 is 38.9 Å². The minimum Gasteiger partial charge on any atom is -0.131 e. The van der Waals surface area contributed by atoms with Gasteiger partial charge in [0.15, 0.2) is 0 Å². The highest BCUT2D eigenvalue weighted by Crippen LogP contribution is 2.39. The van der Waals surface area contributed by atoms with E-state index in [2.05, 4.69) is 28.9 Å². The molecular formula is C14H20BrClS. The molecule has 1 atom stereocenters. The van der Waals surface area contributed by atoms with Gasteiger partial charge in [-0.3, -0.25) is 0 Å². The molecule has 2 rings (SSSR count). The van der Waals surface area contributed by atoms with Crippen LogP contribution in [0.1, 0.15) is 60.8 Å². The molecule has 1 saturated carbocycles. The fraction of sp³-hybridized carbons (Fsp3) is 0.714. The third kappa shape index (κ3) is 3.97. The van der Waals surface area contributed by atoms with Gasteiger partial charge in [0, 0.05) is 4.88 Å². The van der Waals surface area contributed by atoms with Gasteiger partial charge in [-0.05, 0) is 46.8 Å². The third-order valence-corrected chi connectivity index (χ3v) is 6.49. The molecule has 0 radical (unpaired) electrons. The molecule has 0 spiro atoms. The average Bonchev–Trinajstić information content (AvgIpc) is 2.54. The van der Waals surface area contributed by atoms with Crippen LogP contribution in [0.2, 0.25) is 0 Å². The topological polar surface area (TPSA) is 0 Å². The Morgan fingerprint density at radius 1 is 1.35 bits per heavy atom. The van der Waals surface area contributed by atoms with Crippen molar-refractivity contribution in [3.8, 4) is 0 Å². The molecular weight excluding hydrogens is 316 g/mol. The van der Waals surface area contributed by atoms with Crippen LogP contribution in [-0.4, -0.2) is 0 Å². The van der Waals surface area contributed by atoms with Gasteiger partial charge in [0.1, 0.15) is 0 Å². The Kier molecular flexibility index (Phi) is 5.38. The van der Waals surface area contributed by atoms with Crippen LogP contribution in [0.25, 0.3) is 0 Å². The Hall–Kier alpha value is 0.470. The van der Waals surface area contributed by atoms with Gasteiger partial charge in [-0.1, -0.05) is 38.5 Å². The maximum Gasteiger partial charge on any atom is 0.0731 e. The van der Waals surface area contributed by atoms with E-state index in [-0.39, 0.29) is 5.38 Å². The normalized spacial score (nSPS) is 20.2. The first-order valence-corrected chi connectivity index (χ1v) is 8.61. The number of hydrogen-bond donors (Lipinski definition) is 0. The Morgan fingerprint density at radius 2 is 2.00 bits per heavy atom. The first kappa shape index (κ1) is 13.9. The summed E-state index contributed by atoms with van der Waals surface area (Å²) in [4.78, 5) is 1.33. The van der Waals surface area contributed by atoms with E-state index in [1.165, 1.54) is 52.8 Å². The standard InChI is InChI=1S/C14H20BrClS/c1-10-8-13(17-14(10)15)12(16)9-11-6-4-2-3-5-7-11/h8,11-12H,2-7,9H2,1H3. The monoisotopic (exact) mass is 334 g/mol. The number of hydrogen-bond acceptors (Lipinski definition) is 1. The van der Waals surface area contributed by atoms with Crippen LogP contribution in [0.5, 0.6) is 0 Å². The highest BCUT2D eigenvalue weighted by atomic mass is 79.9. The molecule has 17 heavy (non-hydrogen) atoms. The van der Waals surface area contributed by atoms with Gasteiger partial charge in [0.25, 0.3) is 0 Å². The van der Waals surface area contributed by atoms with Crippen LogP contribution < -0.4 is 0 Å². The minimum atomic E-state index is 0.216. The van der Waals surface area contributed by atoms with E-state index >= 15 is 0 Å². The van der Waals surface area contributed by atoms with Gasteiger partial charge in [-0.15, -0.1) is 22.9 Å². The molecule has 3 heteroatoms. The molecule has 1 aliphatic rings. The smallest absolute Gasteiger partial charge is 0.0731 e. The predicted octanol–water partition coefficient (Wildman–Crippen LogP) is 6.46. The van der Waals surface area contributed by atoms with E-state index in [9.17, 15) is 0 Å². The third-order valence-electron chi connectivity index (χ3n) is 3.70. The number of aryl methyl sites for hydroxylation is 1. The van der Waals surface area contributed by atoms with Gasteiger partial charge in [0.05, 0.1) is 9.16 Å². The molecule has 1 aliphatic carbocycles. The summed E-state index contributed by atoms with van der Waals surface area (Å²) < 4.78 is 1.24. The fourth-order valence-electron chi connectivity index (χ4n) is 2.65. The maximum atomic E-state index is 6.57. The second kappa shape index (κ2) is 6.58. The van der Waals surface area contributed by atoms with Crippen LogP contribution in [0.4, 0.5) is 0 Å². The van der Waals surface area contributed by atoms with Crippen LogP contribution in [0, 0.1) is 12.8 Å². The van der Waals surface area contributed by atoms with E-state index in [1.807, 2.05) is 0 Å².